The van der Waals surface area contributed by atoms with Crippen LogP contribution in [0.2, 0.25) is 0 Å². The first kappa shape index (κ1) is 11.6. The Morgan fingerprint density at radius 3 is 2.56 bits per heavy atom. The molecular weight excluding hydrogens is 238 g/mol. The summed E-state index contributed by atoms with van der Waals surface area (Å²) in [5.41, 5.74) is 6.12. The van der Waals surface area contributed by atoms with E-state index in [2.05, 4.69) is 5.43 Å². The Kier molecular flexibility index (Phi) is 2.72. The van der Waals surface area contributed by atoms with Crippen LogP contribution in [0.15, 0.2) is 35.1 Å². The first-order valence-corrected chi connectivity index (χ1v) is 4.95. The van der Waals surface area contributed by atoms with Crippen LogP contribution in [-0.4, -0.2) is 21.8 Å². The molecule has 0 atom stereocenters. The highest BCUT2D eigenvalue weighted by Crippen LogP contribution is 2.12. The predicted octanol–water partition coefficient (Wildman–Crippen LogP) is 0.322. The van der Waals surface area contributed by atoms with Crippen molar-refractivity contribution in [2.24, 2.45) is 5.73 Å². The molecule has 0 fully saturated rings. The summed E-state index contributed by atoms with van der Waals surface area (Å²) < 4.78 is 0.821. The monoisotopic (exact) mass is 247 g/mol. The molecule has 2 rings (SSSR count). The number of nitrogens with two attached hydrogens (primary N) is 1. The molecule has 4 N–H and O–H groups in total. The first-order chi connectivity index (χ1) is 8.50. The number of benzene rings is 1. The van der Waals surface area contributed by atoms with Crippen molar-refractivity contribution < 1.29 is 14.7 Å². The zero-order valence-corrected chi connectivity index (χ0v) is 9.08. The van der Waals surface area contributed by atoms with Crippen molar-refractivity contribution in [1.82, 2.24) is 4.68 Å². The molecule has 92 valence electrons. The molecule has 7 heteroatoms. The number of hydrogen-bond acceptors (Lipinski definition) is 3. The standard InChI is InChI=1S/C11H9N3O4/c12-11(18)13-14-8-4-2-1-3-6(8)5-7(9(14)15)10(16)17/h1-5H,(H,16,17)(H3,12,13,18). The number of primary amides is 1. The van der Waals surface area contributed by atoms with Gasteiger partial charge in [-0.25, -0.2) is 19.7 Å². The van der Waals surface area contributed by atoms with Crippen LogP contribution in [0.4, 0.5) is 4.79 Å². The first-order valence-electron chi connectivity index (χ1n) is 4.95. The number of hydrogen-bond donors (Lipinski definition) is 3. The Labute approximate surface area is 100 Å². The van der Waals surface area contributed by atoms with Crippen LogP contribution in [-0.2, 0) is 0 Å². The Morgan fingerprint density at radius 2 is 1.94 bits per heavy atom. The predicted molar refractivity (Wildman–Crippen MR) is 64.1 cm³/mol. The summed E-state index contributed by atoms with van der Waals surface area (Å²) in [5, 5.41) is 9.43. The minimum absolute atomic E-state index is 0.367. The van der Waals surface area contributed by atoms with Gasteiger partial charge < -0.3 is 10.8 Å². The van der Waals surface area contributed by atoms with Crippen molar-refractivity contribution in [3.05, 3.63) is 46.2 Å². The molecule has 0 unspecified atom stereocenters. The van der Waals surface area contributed by atoms with Crippen molar-refractivity contribution in [1.29, 1.82) is 0 Å². The minimum atomic E-state index is -1.37. The lowest BCUT2D eigenvalue weighted by atomic mass is 10.1. The van der Waals surface area contributed by atoms with E-state index in [1.807, 2.05) is 0 Å². The van der Waals surface area contributed by atoms with Crippen LogP contribution in [0.25, 0.3) is 10.9 Å². The molecule has 0 saturated heterocycles. The molecule has 1 aromatic carbocycles. The third-order valence-corrected chi connectivity index (χ3v) is 2.36. The molecule has 0 aliphatic carbocycles. The second kappa shape index (κ2) is 4.21. The van der Waals surface area contributed by atoms with Crippen molar-refractivity contribution in [2.45, 2.75) is 0 Å². The molecule has 0 aliphatic rings. The maximum absolute atomic E-state index is 11.9. The van der Waals surface area contributed by atoms with Crippen molar-refractivity contribution in [3.8, 4) is 0 Å². The highest BCUT2D eigenvalue weighted by atomic mass is 16.4. The normalized spacial score (nSPS) is 10.2. The minimum Gasteiger partial charge on any atom is -0.477 e. The van der Waals surface area contributed by atoms with Gasteiger partial charge in [-0.05, 0) is 12.1 Å². The van der Waals surface area contributed by atoms with Crippen LogP contribution in [0.1, 0.15) is 10.4 Å². The molecule has 0 bridgehead atoms. The summed E-state index contributed by atoms with van der Waals surface area (Å²) in [6.07, 6.45) is 0. The van der Waals surface area contributed by atoms with Crippen LogP contribution < -0.4 is 16.7 Å². The molecule has 1 aromatic heterocycles. The average Bonchev–Trinajstić information content (AvgIpc) is 2.31. The topological polar surface area (TPSA) is 114 Å². The fourth-order valence-electron chi connectivity index (χ4n) is 1.63. The second-order valence-corrected chi connectivity index (χ2v) is 3.54. The van der Waals surface area contributed by atoms with Gasteiger partial charge in [-0.1, -0.05) is 18.2 Å². The number of para-hydroxylation sites is 1. The molecule has 0 spiro atoms. The van der Waals surface area contributed by atoms with Gasteiger partial charge in [-0.15, -0.1) is 0 Å². The number of aromatic nitrogens is 1. The molecule has 1 heterocycles. The fraction of sp³-hybridized carbons (Fsp3) is 0. The SMILES string of the molecule is NC(=O)Nn1c(=O)c(C(=O)O)cc2ccccc21. The summed E-state index contributed by atoms with van der Waals surface area (Å²) in [7, 11) is 0. The highest BCUT2D eigenvalue weighted by molar-refractivity contribution is 5.93. The number of amides is 2. The zero-order valence-electron chi connectivity index (χ0n) is 9.08. The molecule has 2 amide bonds. The number of carbonyl (C=O) groups is 2. The summed E-state index contributed by atoms with van der Waals surface area (Å²) in [4.78, 5) is 33.7. The van der Waals surface area contributed by atoms with E-state index in [-0.39, 0.29) is 0 Å². The van der Waals surface area contributed by atoms with Gasteiger partial charge in [0.05, 0.1) is 5.52 Å². The maximum atomic E-state index is 11.9. The zero-order chi connectivity index (χ0) is 13.3. The van der Waals surface area contributed by atoms with Gasteiger partial charge in [-0.3, -0.25) is 4.79 Å². The van der Waals surface area contributed by atoms with Crippen LogP contribution >= 0.6 is 0 Å². The smallest absolute Gasteiger partial charge is 0.341 e. The van der Waals surface area contributed by atoms with Gasteiger partial charge in [0.15, 0.2) is 0 Å². The van der Waals surface area contributed by atoms with Crippen LogP contribution in [0.5, 0.6) is 0 Å². The summed E-state index contributed by atoms with van der Waals surface area (Å²) in [6, 6.07) is 6.83. The van der Waals surface area contributed by atoms with Gasteiger partial charge in [0.2, 0.25) is 0 Å². The maximum Gasteiger partial charge on any atom is 0.341 e. The van der Waals surface area contributed by atoms with E-state index in [9.17, 15) is 14.4 Å². The number of fused-ring (bicyclic) bond motifs is 1. The van der Waals surface area contributed by atoms with E-state index in [0.717, 1.165) is 4.68 Å². The largest absolute Gasteiger partial charge is 0.477 e. The van der Waals surface area contributed by atoms with E-state index < -0.39 is 23.1 Å². The lowest BCUT2D eigenvalue weighted by molar-refractivity contribution is 0.0694. The number of rotatable bonds is 2. The Balaban J connectivity index is 2.85. The van der Waals surface area contributed by atoms with Gasteiger partial charge >= 0.3 is 12.0 Å². The number of carbonyl (C=O) groups excluding carboxylic acids is 1. The molecule has 18 heavy (non-hydrogen) atoms. The van der Waals surface area contributed by atoms with Crippen molar-refractivity contribution >= 4 is 22.9 Å². The van der Waals surface area contributed by atoms with Gasteiger partial charge in [0.25, 0.3) is 5.56 Å². The molecule has 7 nitrogen and oxygen atoms in total. The summed E-state index contributed by atoms with van der Waals surface area (Å²) in [6.45, 7) is 0. The van der Waals surface area contributed by atoms with Gasteiger partial charge in [-0.2, -0.15) is 0 Å². The number of aromatic carboxylic acids is 1. The fourth-order valence-corrected chi connectivity index (χ4v) is 1.63. The average molecular weight is 247 g/mol. The van der Waals surface area contributed by atoms with Crippen molar-refractivity contribution in [2.75, 3.05) is 5.43 Å². The van der Waals surface area contributed by atoms with E-state index in [1.165, 1.54) is 6.07 Å². The summed E-state index contributed by atoms with van der Waals surface area (Å²) >= 11 is 0. The van der Waals surface area contributed by atoms with Gasteiger partial charge in [0.1, 0.15) is 5.56 Å². The number of nitrogens with one attached hydrogen (secondary N) is 1. The second-order valence-electron chi connectivity index (χ2n) is 3.54. The highest BCUT2D eigenvalue weighted by Gasteiger charge is 2.15. The Bertz CT molecular complexity index is 705. The quantitative estimate of drug-likeness (QED) is 0.708. The molecule has 0 aliphatic heterocycles. The van der Waals surface area contributed by atoms with Crippen molar-refractivity contribution in [3.63, 3.8) is 0 Å². The Morgan fingerprint density at radius 1 is 1.28 bits per heavy atom. The lowest BCUT2D eigenvalue weighted by Gasteiger charge is -2.10. The summed E-state index contributed by atoms with van der Waals surface area (Å²) in [5.74, 6) is -1.37. The molecule has 0 saturated carbocycles. The van der Waals surface area contributed by atoms with Crippen LogP contribution in [0, 0.1) is 0 Å². The lowest BCUT2D eigenvalue weighted by Crippen LogP contribution is -2.38. The third-order valence-electron chi connectivity index (χ3n) is 2.36. The van der Waals surface area contributed by atoms with Crippen LogP contribution in [0.3, 0.4) is 0 Å². The Hall–Kier alpha value is -2.83. The number of nitrogens with zero attached hydrogens (tertiary/aromatic N) is 1. The number of carboxylic acid groups (broad SMARTS) is 1. The molecule has 2 aromatic rings. The van der Waals surface area contributed by atoms with E-state index in [0.29, 0.717) is 10.9 Å². The van der Waals surface area contributed by atoms with E-state index in [1.54, 1.807) is 24.3 Å². The third kappa shape index (κ3) is 1.88. The van der Waals surface area contributed by atoms with Gasteiger partial charge in [0, 0.05) is 5.39 Å². The number of pyridine rings is 1. The van der Waals surface area contributed by atoms with E-state index in [4.69, 9.17) is 10.8 Å². The molecule has 0 radical (unpaired) electrons. The number of carboxylic acids is 1. The van der Waals surface area contributed by atoms with E-state index >= 15 is 0 Å². The number of urea groups is 1. The molecular formula is C11H9N3O4.